The van der Waals surface area contributed by atoms with E-state index < -0.39 is 23.9 Å². The van der Waals surface area contributed by atoms with Crippen molar-refractivity contribution in [3.8, 4) is 0 Å². The van der Waals surface area contributed by atoms with Crippen LogP contribution in [-0.2, 0) is 9.59 Å². The maximum absolute atomic E-state index is 11.1. The van der Waals surface area contributed by atoms with E-state index in [1.807, 2.05) is 13.8 Å². The van der Waals surface area contributed by atoms with Gasteiger partial charge in [0.05, 0.1) is 0 Å². The fraction of sp³-hybridized carbons (Fsp3) is 0.625. The summed E-state index contributed by atoms with van der Waals surface area (Å²) in [6.07, 6.45) is 0. The lowest BCUT2D eigenvalue weighted by Gasteiger charge is -2.13. The summed E-state index contributed by atoms with van der Waals surface area (Å²) in [6.45, 7) is 4.23. The van der Waals surface area contributed by atoms with Gasteiger partial charge in [0.2, 0.25) is 11.8 Å². The molecule has 15 heavy (non-hydrogen) atoms. The van der Waals surface area contributed by atoms with E-state index in [0.717, 1.165) is 0 Å². The van der Waals surface area contributed by atoms with Crippen molar-refractivity contribution in [1.29, 1.82) is 0 Å². The number of hydrogen-bond donors (Lipinski definition) is 4. The number of amides is 4. The van der Waals surface area contributed by atoms with Gasteiger partial charge in [0, 0.05) is 6.54 Å². The summed E-state index contributed by atoms with van der Waals surface area (Å²) < 4.78 is 0. The molecule has 0 aromatic heterocycles. The summed E-state index contributed by atoms with van der Waals surface area (Å²) >= 11 is 0. The second-order valence-corrected chi connectivity index (χ2v) is 3.49. The van der Waals surface area contributed by atoms with E-state index in [1.54, 1.807) is 0 Å². The smallest absolute Gasteiger partial charge is 0.315 e. The summed E-state index contributed by atoms with van der Waals surface area (Å²) in [5, 5.41) is 4.53. The second kappa shape index (κ2) is 5.84. The molecule has 0 saturated heterocycles. The Morgan fingerprint density at radius 1 is 1.13 bits per heavy atom. The Kier molecular flexibility index (Phi) is 5.14. The van der Waals surface area contributed by atoms with Crippen molar-refractivity contribution in [3.63, 3.8) is 0 Å². The standard InChI is InChI=1S/C8H16N4O3/c1-4(2)3-11-8(15)12-5(6(9)13)7(10)14/h4-5H,3H2,1-2H3,(H2,9,13)(H2,10,14)(H2,11,12,15). The van der Waals surface area contributed by atoms with Crippen LogP contribution < -0.4 is 22.1 Å². The van der Waals surface area contributed by atoms with E-state index in [0.29, 0.717) is 6.54 Å². The maximum atomic E-state index is 11.1. The minimum Gasteiger partial charge on any atom is -0.367 e. The molecule has 0 aromatic carbocycles. The van der Waals surface area contributed by atoms with Gasteiger partial charge in [-0.05, 0) is 5.92 Å². The molecule has 0 radical (unpaired) electrons. The lowest BCUT2D eigenvalue weighted by atomic mass is 10.2. The molecule has 0 aromatic rings. The normalized spacial score (nSPS) is 10.1. The minimum absolute atomic E-state index is 0.261. The van der Waals surface area contributed by atoms with E-state index >= 15 is 0 Å². The highest BCUT2D eigenvalue weighted by Crippen LogP contribution is 1.87. The van der Waals surface area contributed by atoms with Gasteiger partial charge in [-0.25, -0.2) is 4.79 Å². The molecule has 0 bridgehead atoms. The molecule has 0 aliphatic rings. The quantitative estimate of drug-likeness (QED) is 0.408. The summed E-state index contributed by atoms with van der Waals surface area (Å²) in [4.78, 5) is 32.5. The third-order valence-corrected chi connectivity index (χ3v) is 1.52. The van der Waals surface area contributed by atoms with Crippen LogP contribution in [0, 0.1) is 5.92 Å². The summed E-state index contributed by atoms with van der Waals surface area (Å²) in [5.74, 6) is -1.71. The fourth-order valence-corrected chi connectivity index (χ4v) is 0.761. The average molecular weight is 216 g/mol. The number of primary amides is 2. The molecular formula is C8H16N4O3. The zero-order valence-corrected chi connectivity index (χ0v) is 8.74. The first-order valence-corrected chi connectivity index (χ1v) is 4.47. The Labute approximate surface area is 87.6 Å². The summed E-state index contributed by atoms with van der Waals surface area (Å²) in [5.41, 5.74) is 9.72. The van der Waals surface area contributed by atoms with Crippen molar-refractivity contribution in [1.82, 2.24) is 10.6 Å². The monoisotopic (exact) mass is 216 g/mol. The van der Waals surface area contributed by atoms with Gasteiger partial charge in [-0.1, -0.05) is 13.8 Å². The van der Waals surface area contributed by atoms with Crippen LogP contribution in [0.2, 0.25) is 0 Å². The van der Waals surface area contributed by atoms with Crippen LogP contribution in [0.25, 0.3) is 0 Å². The van der Waals surface area contributed by atoms with Crippen LogP contribution in [0.15, 0.2) is 0 Å². The van der Waals surface area contributed by atoms with Gasteiger partial charge in [0.25, 0.3) is 0 Å². The highest BCUT2D eigenvalue weighted by molar-refractivity contribution is 6.05. The van der Waals surface area contributed by atoms with Gasteiger partial charge in [-0.15, -0.1) is 0 Å². The number of carbonyl (C=O) groups is 3. The molecule has 0 heterocycles. The molecule has 86 valence electrons. The van der Waals surface area contributed by atoms with Crippen LogP contribution in [-0.4, -0.2) is 30.4 Å². The van der Waals surface area contributed by atoms with Gasteiger partial charge in [-0.2, -0.15) is 0 Å². The van der Waals surface area contributed by atoms with Gasteiger partial charge in [0.15, 0.2) is 6.04 Å². The topological polar surface area (TPSA) is 127 Å². The van der Waals surface area contributed by atoms with Gasteiger partial charge in [-0.3, -0.25) is 9.59 Å². The minimum atomic E-state index is -1.47. The molecule has 6 N–H and O–H groups in total. The summed E-state index contributed by atoms with van der Waals surface area (Å²) in [6, 6.07) is -2.12. The number of nitrogens with one attached hydrogen (secondary N) is 2. The first-order chi connectivity index (χ1) is 6.84. The Morgan fingerprint density at radius 2 is 1.60 bits per heavy atom. The van der Waals surface area contributed by atoms with E-state index in [9.17, 15) is 14.4 Å². The third-order valence-electron chi connectivity index (χ3n) is 1.52. The van der Waals surface area contributed by atoms with Crippen molar-refractivity contribution in [2.24, 2.45) is 17.4 Å². The van der Waals surface area contributed by atoms with Crippen LogP contribution in [0.4, 0.5) is 4.79 Å². The average Bonchev–Trinajstić information content (AvgIpc) is 2.09. The predicted octanol–water partition coefficient (Wildman–Crippen LogP) is -1.72. The number of hydrogen-bond acceptors (Lipinski definition) is 3. The highest BCUT2D eigenvalue weighted by atomic mass is 16.2. The molecule has 0 spiro atoms. The van der Waals surface area contributed by atoms with Crippen molar-refractivity contribution >= 4 is 17.8 Å². The Morgan fingerprint density at radius 3 is 1.93 bits per heavy atom. The van der Waals surface area contributed by atoms with Crippen molar-refractivity contribution < 1.29 is 14.4 Å². The Hall–Kier alpha value is -1.79. The molecule has 7 heteroatoms. The van der Waals surface area contributed by atoms with E-state index in [-0.39, 0.29) is 5.92 Å². The molecular weight excluding hydrogens is 200 g/mol. The lowest BCUT2D eigenvalue weighted by molar-refractivity contribution is -0.128. The molecule has 0 unspecified atom stereocenters. The van der Waals surface area contributed by atoms with Crippen molar-refractivity contribution in [3.05, 3.63) is 0 Å². The first-order valence-electron chi connectivity index (χ1n) is 4.47. The molecule has 0 rings (SSSR count). The molecule has 0 aliphatic heterocycles. The van der Waals surface area contributed by atoms with Crippen LogP contribution in [0.1, 0.15) is 13.8 Å². The number of urea groups is 1. The Bertz CT molecular complexity index is 251. The predicted molar refractivity (Wildman–Crippen MR) is 53.5 cm³/mol. The Balaban J connectivity index is 4.13. The van der Waals surface area contributed by atoms with Crippen LogP contribution >= 0.6 is 0 Å². The van der Waals surface area contributed by atoms with Crippen molar-refractivity contribution in [2.75, 3.05) is 6.54 Å². The van der Waals surface area contributed by atoms with Crippen molar-refractivity contribution in [2.45, 2.75) is 19.9 Å². The van der Waals surface area contributed by atoms with E-state index in [2.05, 4.69) is 10.6 Å². The zero-order valence-electron chi connectivity index (χ0n) is 8.74. The first kappa shape index (κ1) is 13.2. The molecule has 4 amide bonds. The van der Waals surface area contributed by atoms with Gasteiger partial charge >= 0.3 is 6.03 Å². The largest absolute Gasteiger partial charge is 0.367 e. The molecule has 0 atom stereocenters. The van der Waals surface area contributed by atoms with E-state index in [4.69, 9.17) is 11.5 Å². The van der Waals surface area contributed by atoms with Crippen LogP contribution in [0.3, 0.4) is 0 Å². The molecule has 0 fully saturated rings. The number of rotatable bonds is 5. The third kappa shape index (κ3) is 5.50. The zero-order chi connectivity index (χ0) is 12.0. The SMILES string of the molecule is CC(C)CNC(=O)NC(C(N)=O)C(N)=O. The second-order valence-electron chi connectivity index (χ2n) is 3.49. The lowest BCUT2D eigenvalue weighted by Crippen LogP contribution is -2.55. The molecule has 0 saturated carbocycles. The van der Waals surface area contributed by atoms with Gasteiger partial charge in [0.1, 0.15) is 0 Å². The highest BCUT2D eigenvalue weighted by Gasteiger charge is 2.23. The number of carbonyl (C=O) groups excluding carboxylic acids is 3. The summed E-state index contributed by atoms with van der Waals surface area (Å²) in [7, 11) is 0. The number of nitrogens with two attached hydrogens (primary N) is 2. The molecule has 7 nitrogen and oxygen atoms in total. The van der Waals surface area contributed by atoms with E-state index in [1.165, 1.54) is 0 Å². The van der Waals surface area contributed by atoms with Gasteiger partial charge < -0.3 is 22.1 Å². The van der Waals surface area contributed by atoms with Crippen LogP contribution in [0.5, 0.6) is 0 Å². The fourth-order valence-electron chi connectivity index (χ4n) is 0.761. The molecule has 0 aliphatic carbocycles. The maximum Gasteiger partial charge on any atom is 0.315 e.